The first-order valence-corrected chi connectivity index (χ1v) is 3.51. The lowest BCUT2D eigenvalue weighted by molar-refractivity contribution is -0.640. The summed E-state index contributed by atoms with van der Waals surface area (Å²) in [7, 11) is 0. The lowest BCUT2D eigenvalue weighted by Crippen LogP contribution is -2.44. The number of thiazole rings is 1. The molecule has 0 aliphatic rings. The van der Waals surface area contributed by atoms with E-state index < -0.39 is 0 Å². The van der Waals surface area contributed by atoms with Crippen LogP contribution in [0.4, 0.5) is 0 Å². The molecule has 1 heterocycles. The summed E-state index contributed by atoms with van der Waals surface area (Å²) in [5.74, 6) is 5.50. The van der Waals surface area contributed by atoms with Crippen LogP contribution in [0.2, 0.25) is 0 Å². The van der Waals surface area contributed by atoms with Crippen LogP contribution in [-0.2, 0) is 0 Å². The Hall–Kier alpha value is -0.830. The zero-order valence-corrected chi connectivity index (χ0v) is 6.11. The van der Waals surface area contributed by atoms with Crippen LogP contribution in [0.25, 0.3) is 6.08 Å². The summed E-state index contributed by atoms with van der Waals surface area (Å²) in [5, 5.41) is 0. The standard InChI is InChI=1S/C6H9N2S/c1-3-6-5(2)8(7)4-9-6/h3-4H,1,7H2,2H3/q+1. The summed E-state index contributed by atoms with van der Waals surface area (Å²) < 4.78 is 1.60. The Morgan fingerprint density at radius 1 is 1.89 bits per heavy atom. The molecule has 1 aromatic heterocycles. The third kappa shape index (κ3) is 0.954. The molecular formula is C6H9N2S+. The van der Waals surface area contributed by atoms with Crippen molar-refractivity contribution in [2.24, 2.45) is 0 Å². The molecular weight excluding hydrogens is 132 g/mol. The van der Waals surface area contributed by atoms with E-state index in [9.17, 15) is 0 Å². The summed E-state index contributed by atoms with van der Waals surface area (Å²) >= 11 is 1.60. The zero-order valence-electron chi connectivity index (χ0n) is 5.29. The molecule has 0 amide bonds. The van der Waals surface area contributed by atoms with Gasteiger partial charge in [0.05, 0.1) is 0 Å². The smallest absolute Gasteiger partial charge is 0.204 e. The largest absolute Gasteiger partial charge is 0.255 e. The molecule has 0 aliphatic heterocycles. The van der Waals surface area contributed by atoms with Gasteiger partial charge in [0.25, 0.3) is 5.51 Å². The Morgan fingerprint density at radius 2 is 2.56 bits per heavy atom. The highest BCUT2D eigenvalue weighted by molar-refractivity contribution is 7.10. The van der Waals surface area contributed by atoms with Gasteiger partial charge in [-0.05, 0) is 6.08 Å². The Labute approximate surface area is 58.2 Å². The fourth-order valence-corrected chi connectivity index (χ4v) is 1.36. The molecule has 2 nitrogen and oxygen atoms in total. The van der Waals surface area contributed by atoms with Crippen molar-refractivity contribution in [1.29, 1.82) is 0 Å². The molecule has 9 heavy (non-hydrogen) atoms. The van der Waals surface area contributed by atoms with Gasteiger partial charge in [0.1, 0.15) is 4.88 Å². The van der Waals surface area contributed by atoms with Gasteiger partial charge in [-0.2, -0.15) is 0 Å². The minimum absolute atomic E-state index is 1.06. The predicted molar refractivity (Wildman–Crippen MR) is 39.5 cm³/mol. The summed E-state index contributed by atoms with van der Waals surface area (Å²) in [6.07, 6.45) is 1.81. The van der Waals surface area contributed by atoms with E-state index in [0.717, 1.165) is 10.6 Å². The van der Waals surface area contributed by atoms with Gasteiger partial charge in [0.2, 0.25) is 5.69 Å². The molecule has 0 aliphatic carbocycles. The van der Waals surface area contributed by atoms with Crippen molar-refractivity contribution in [1.82, 2.24) is 0 Å². The Morgan fingerprint density at radius 3 is 2.78 bits per heavy atom. The van der Waals surface area contributed by atoms with Gasteiger partial charge in [-0.15, -0.1) is 0 Å². The molecule has 0 saturated carbocycles. The third-order valence-corrected chi connectivity index (χ3v) is 2.27. The number of hydrogen-bond donors (Lipinski definition) is 1. The molecule has 0 saturated heterocycles. The van der Waals surface area contributed by atoms with Gasteiger partial charge in [-0.3, -0.25) is 0 Å². The summed E-state index contributed by atoms with van der Waals surface area (Å²) in [6, 6.07) is 0. The number of nitrogens with two attached hydrogens (primary N) is 1. The van der Waals surface area contributed by atoms with Gasteiger partial charge in [-0.25, -0.2) is 5.84 Å². The normalized spacial score (nSPS) is 9.44. The van der Waals surface area contributed by atoms with Gasteiger partial charge >= 0.3 is 0 Å². The number of aromatic nitrogens is 1. The first-order valence-electron chi connectivity index (χ1n) is 2.63. The molecule has 0 aromatic carbocycles. The molecule has 1 rings (SSSR count). The highest BCUT2D eigenvalue weighted by Crippen LogP contribution is 2.09. The van der Waals surface area contributed by atoms with E-state index in [-0.39, 0.29) is 0 Å². The molecule has 1 aromatic rings. The van der Waals surface area contributed by atoms with Crippen molar-refractivity contribution in [2.75, 3.05) is 5.84 Å². The van der Waals surface area contributed by atoms with Crippen molar-refractivity contribution in [3.05, 3.63) is 22.7 Å². The van der Waals surface area contributed by atoms with E-state index in [1.165, 1.54) is 0 Å². The highest BCUT2D eigenvalue weighted by atomic mass is 32.1. The van der Waals surface area contributed by atoms with Crippen LogP contribution in [0.3, 0.4) is 0 Å². The minimum atomic E-state index is 1.06. The molecule has 0 fully saturated rings. The lowest BCUT2D eigenvalue weighted by atomic mass is 10.4. The van der Waals surface area contributed by atoms with Crippen molar-refractivity contribution in [2.45, 2.75) is 6.92 Å². The van der Waals surface area contributed by atoms with Gasteiger partial charge in [-0.1, -0.05) is 22.6 Å². The Kier molecular flexibility index (Phi) is 1.53. The van der Waals surface area contributed by atoms with Gasteiger partial charge in [0.15, 0.2) is 0 Å². The van der Waals surface area contributed by atoms with Crippen molar-refractivity contribution in [3.8, 4) is 0 Å². The van der Waals surface area contributed by atoms with Crippen LogP contribution in [0.5, 0.6) is 0 Å². The van der Waals surface area contributed by atoms with E-state index in [4.69, 9.17) is 5.84 Å². The molecule has 0 atom stereocenters. The summed E-state index contributed by atoms with van der Waals surface area (Å²) in [6.45, 7) is 5.61. The monoisotopic (exact) mass is 141 g/mol. The topological polar surface area (TPSA) is 29.9 Å². The lowest BCUT2D eigenvalue weighted by Gasteiger charge is -1.80. The second-order valence-corrected chi connectivity index (χ2v) is 2.67. The van der Waals surface area contributed by atoms with Crippen LogP contribution in [0, 0.1) is 6.92 Å². The highest BCUT2D eigenvalue weighted by Gasteiger charge is 2.07. The van der Waals surface area contributed by atoms with Crippen molar-refractivity contribution >= 4 is 17.4 Å². The van der Waals surface area contributed by atoms with Crippen LogP contribution in [-0.4, -0.2) is 0 Å². The quantitative estimate of drug-likeness (QED) is 0.453. The van der Waals surface area contributed by atoms with E-state index in [2.05, 4.69) is 6.58 Å². The number of nitrogen functional groups attached to an aromatic ring is 1. The van der Waals surface area contributed by atoms with E-state index in [0.29, 0.717) is 0 Å². The average Bonchev–Trinajstić information content (AvgIpc) is 2.15. The summed E-state index contributed by atoms with van der Waals surface area (Å²) in [4.78, 5) is 1.14. The van der Waals surface area contributed by atoms with E-state index >= 15 is 0 Å². The first-order chi connectivity index (χ1) is 4.25. The molecule has 3 heteroatoms. The van der Waals surface area contributed by atoms with Crippen molar-refractivity contribution < 1.29 is 4.68 Å². The fraction of sp³-hybridized carbons (Fsp3) is 0.167. The van der Waals surface area contributed by atoms with Crippen LogP contribution >= 0.6 is 11.3 Å². The maximum atomic E-state index is 5.50. The number of hydrogen-bond acceptors (Lipinski definition) is 2. The Bertz CT molecular complexity index is 227. The zero-order chi connectivity index (χ0) is 6.85. The minimum Gasteiger partial charge on any atom is -0.204 e. The molecule has 0 spiro atoms. The molecule has 0 unspecified atom stereocenters. The second kappa shape index (κ2) is 2.19. The van der Waals surface area contributed by atoms with Crippen LogP contribution < -0.4 is 10.5 Å². The first kappa shape index (κ1) is 6.29. The predicted octanol–water partition coefficient (Wildman–Crippen LogP) is 0.701. The van der Waals surface area contributed by atoms with Crippen LogP contribution in [0.15, 0.2) is 12.1 Å². The fourth-order valence-electron chi connectivity index (χ4n) is 0.601. The number of rotatable bonds is 1. The SMILES string of the molecule is C=Cc1sc[n+](N)c1C. The maximum Gasteiger partial charge on any atom is 0.255 e. The van der Waals surface area contributed by atoms with Gasteiger partial charge in [0, 0.05) is 6.92 Å². The van der Waals surface area contributed by atoms with E-state index in [1.54, 1.807) is 16.0 Å². The average molecular weight is 141 g/mol. The van der Waals surface area contributed by atoms with E-state index in [1.807, 2.05) is 18.5 Å². The summed E-state index contributed by atoms with van der Waals surface area (Å²) in [5.41, 5.74) is 2.92. The molecule has 0 radical (unpaired) electrons. The third-order valence-electron chi connectivity index (χ3n) is 1.22. The number of nitrogens with zero attached hydrogens (tertiary/aromatic N) is 1. The van der Waals surface area contributed by atoms with Gasteiger partial charge < -0.3 is 0 Å². The van der Waals surface area contributed by atoms with Crippen LogP contribution in [0.1, 0.15) is 10.6 Å². The molecule has 48 valence electrons. The second-order valence-electron chi connectivity index (χ2n) is 1.78. The molecule has 0 bridgehead atoms. The molecule has 2 N–H and O–H groups in total. The maximum absolute atomic E-state index is 5.50. The van der Waals surface area contributed by atoms with Crippen molar-refractivity contribution in [3.63, 3.8) is 0 Å². The Balaban J connectivity index is 3.18.